The highest BCUT2D eigenvalue weighted by atomic mass is 16.4. The summed E-state index contributed by atoms with van der Waals surface area (Å²) < 4.78 is 0. The highest BCUT2D eigenvalue weighted by Crippen LogP contribution is 2.14. The average Bonchev–Trinajstić information content (AvgIpc) is 2.31. The van der Waals surface area contributed by atoms with Gasteiger partial charge in [-0.3, -0.25) is 4.79 Å². The van der Waals surface area contributed by atoms with Crippen LogP contribution in [0.1, 0.15) is 24.0 Å². The highest BCUT2D eigenvalue weighted by molar-refractivity contribution is 6.36. The number of carbonyl (C=O) groups is 2. The van der Waals surface area contributed by atoms with Crippen molar-refractivity contribution in [1.82, 2.24) is 5.01 Å². The molecule has 0 atom stereocenters. The number of carboxylic acids is 1. The van der Waals surface area contributed by atoms with Crippen LogP contribution in [0.2, 0.25) is 0 Å². The fraction of sp³-hybridized carbons (Fsp3) is 0.308. The van der Waals surface area contributed by atoms with Gasteiger partial charge in [0.25, 0.3) is 0 Å². The lowest BCUT2D eigenvalue weighted by molar-refractivity contribution is -0.133. The smallest absolute Gasteiger partial charge is 0.352 e. The number of carbonyl (C=O) groups excluding carboxylic acids is 1. The lowest BCUT2D eigenvalue weighted by Gasteiger charge is -2.22. The van der Waals surface area contributed by atoms with Crippen LogP contribution in [0.15, 0.2) is 29.4 Å². The Bertz CT molecular complexity index is 523. The molecule has 0 spiro atoms. The minimum atomic E-state index is -1.06. The average molecular weight is 246 g/mol. The zero-order valence-electron chi connectivity index (χ0n) is 10.1. The van der Waals surface area contributed by atoms with Gasteiger partial charge < -0.3 is 5.11 Å². The Balaban J connectivity index is 2.19. The normalized spacial score (nSPS) is 15.5. The van der Waals surface area contributed by atoms with Crippen LogP contribution in [0.3, 0.4) is 0 Å². The van der Waals surface area contributed by atoms with E-state index in [1.54, 1.807) is 0 Å². The predicted octanol–water partition coefficient (Wildman–Crippen LogP) is 1.56. The molecule has 1 amide bonds. The second-order valence-corrected chi connectivity index (χ2v) is 4.29. The number of amides is 1. The Morgan fingerprint density at radius 2 is 2.22 bits per heavy atom. The molecule has 5 nitrogen and oxygen atoms in total. The molecule has 18 heavy (non-hydrogen) atoms. The molecule has 0 saturated carbocycles. The summed E-state index contributed by atoms with van der Waals surface area (Å²) >= 11 is 0. The van der Waals surface area contributed by atoms with Gasteiger partial charge in [-0.15, -0.1) is 0 Å². The zero-order valence-corrected chi connectivity index (χ0v) is 10.1. The first kappa shape index (κ1) is 12.3. The van der Waals surface area contributed by atoms with Crippen LogP contribution in [-0.2, 0) is 16.1 Å². The molecule has 1 aliphatic heterocycles. The number of carboxylic acid groups (broad SMARTS) is 1. The number of aryl methyl sites for hydroxylation is 1. The monoisotopic (exact) mass is 246 g/mol. The molecule has 1 heterocycles. The fourth-order valence-electron chi connectivity index (χ4n) is 1.86. The summed E-state index contributed by atoms with van der Waals surface area (Å²) in [6.07, 6.45) is 0.412. The largest absolute Gasteiger partial charge is 0.477 e. The molecule has 0 radical (unpaired) electrons. The predicted molar refractivity (Wildman–Crippen MR) is 66.0 cm³/mol. The van der Waals surface area contributed by atoms with Crippen molar-refractivity contribution in [3.63, 3.8) is 0 Å². The maximum absolute atomic E-state index is 11.7. The SMILES string of the molecule is Cc1cccc(CN2N=C(C(=O)O)CCC2=O)c1. The first-order valence-electron chi connectivity index (χ1n) is 5.73. The number of aliphatic carboxylic acids is 1. The van der Waals surface area contributed by atoms with Crippen molar-refractivity contribution in [2.75, 3.05) is 0 Å². The fourth-order valence-corrected chi connectivity index (χ4v) is 1.86. The van der Waals surface area contributed by atoms with Crippen molar-refractivity contribution in [2.24, 2.45) is 5.10 Å². The van der Waals surface area contributed by atoms with Crippen LogP contribution < -0.4 is 0 Å². The van der Waals surface area contributed by atoms with Gasteiger partial charge in [-0.05, 0) is 12.5 Å². The number of rotatable bonds is 3. The second-order valence-electron chi connectivity index (χ2n) is 4.29. The van der Waals surface area contributed by atoms with Crippen molar-refractivity contribution in [3.8, 4) is 0 Å². The molecule has 2 rings (SSSR count). The minimum absolute atomic E-state index is 0.0438. The van der Waals surface area contributed by atoms with E-state index in [1.807, 2.05) is 31.2 Å². The van der Waals surface area contributed by atoms with Crippen molar-refractivity contribution in [1.29, 1.82) is 0 Å². The Morgan fingerprint density at radius 1 is 1.44 bits per heavy atom. The Labute approximate surface area is 105 Å². The maximum Gasteiger partial charge on any atom is 0.352 e. The maximum atomic E-state index is 11.7. The third-order valence-corrected chi connectivity index (χ3v) is 2.77. The van der Waals surface area contributed by atoms with Gasteiger partial charge in [-0.2, -0.15) is 5.10 Å². The van der Waals surface area contributed by atoms with Gasteiger partial charge in [0, 0.05) is 12.8 Å². The van der Waals surface area contributed by atoms with Crippen LogP contribution in [-0.4, -0.2) is 27.7 Å². The Morgan fingerprint density at radius 3 is 2.89 bits per heavy atom. The second kappa shape index (κ2) is 5.00. The standard InChI is InChI=1S/C13H14N2O3/c1-9-3-2-4-10(7-9)8-15-12(16)6-5-11(14-15)13(17)18/h2-4,7H,5-6,8H2,1H3,(H,17,18). The van der Waals surface area contributed by atoms with E-state index in [0.29, 0.717) is 6.54 Å². The van der Waals surface area contributed by atoms with Crippen molar-refractivity contribution in [2.45, 2.75) is 26.3 Å². The Kier molecular flexibility index (Phi) is 3.41. The van der Waals surface area contributed by atoms with Crippen LogP contribution in [0, 0.1) is 6.92 Å². The van der Waals surface area contributed by atoms with Crippen LogP contribution in [0.5, 0.6) is 0 Å². The molecule has 0 saturated heterocycles. The van der Waals surface area contributed by atoms with Gasteiger partial charge in [0.1, 0.15) is 5.71 Å². The van der Waals surface area contributed by atoms with Gasteiger partial charge >= 0.3 is 5.97 Å². The summed E-state index contributed by atoms with van der Waals surface area (Å²) in [5.74, 6) is -1.20. The van der Waals surface area contributed by atoms with E-state index in [1.165, 1.54) is 5.01 Å². The third kappa shape index (κ3) is 2.74. The summed E-state index contributed by atoms with van der Waals surface area (Å²) in [5.41, 5.74) is 2.08. The van der Waals surface area contributed by atoms with E-state index >= 15 is 0 Å². The molecule has 5 heteroatoms. The molecule has 1 aliphatic rings. The topological polar surface area (TPSA) is 70.0 Å². The lowest BCUT2D eigenvalue weighted by atomic mass is 10.1. The van der Waals surface area contributed by atoms with E-state index < -0.39 is 5.97 Å². The van der Waals surface area contributed by atoms with E-state index in [9.17, 15) is 9.59 Å². The summed E-state index contributed by atoms with van der Waals surface area (Å²) in [6.45, 7) is 2.28. The minimum Gasteiger partial charge on any atom is -0.477 e. The molecule has 0 aliphatic carbocycles. The molecule has 0 fully saturated rings. The van der Waals surface area contributed by atoms with Gasteiger partial charge in [0.15, 0.2) is 0 Å². The van der Waals surface area contributed by atoms with Crippen molar-refractivity contribution >= 4 is 17.6 Å². The van der Waals surface area contributed by atoms with Crippen LogP contribution in [0.4, 0.5) is 0 Å². The number of hydrazone groups is 1. The highest BCUT2D eigenvalue weighted by Gasteiger charge is 2.23. The number of hydrogen-bond acceptors (Lipinski definition) is 3. The molecular formula is C13H14N2O3. The number of hydrogen-bond donors (Lipinski definition) is 1. The van der Waals surface area contributed by atoms with Gasteiger partial charge in [-0.25, -0.2) is 9.80 Å². The summed E-state index contributed by atoms with van der Waals surface area (Å²) in [5, 5.41) is 14.0. The number of nitrogens with zero attached hydrogens (tertiary/aromatic N) is 2. The Hall–Kier alpha value is -2.17. The van der Waals surface area contributed by atoms with Gasteiger partial charge in [0.2, 0.25) is 5.91 Å². The van der Waals surface area contributed by atoms with Crippen LogP contribution >= 0.6 is 0 Å². The molecular weight excluding hydrogens is 232 g/mol. The summed E-state index contributed by atoms with van der Waals surface area (Å²) in [4.78, 5) is 22.5. The third-order valence-electron chi connectivity index (χ3n) is 2.77. The first-order valence-corrected chi connectivity index (χ1v) is 5.73. The molecule has 0 aromatic heterocycles. The van der Waals surface area contributed by atoms with Crippen molar-refractivity contribution in [3.05, 3.63) is 35.4 Å². The van der Waals surface area contributed by atoms with Crippen LogP contribution in [0.25, 0.3) is 0 Å². The molecule has 0 bridgehead atoms. The van der Waals surface area contributed by atoms with Gasteiger partial charge in [0.05, 0.1) is 6.54 Å². The molecule has 1 aromatic rings. The van der Waals surface area contributed by atoms with E-state index in [2.05, 4.69) is 5.10 Å². The van der Waals surface area contributed by atoms with E-state index in [0.717, 1.165) is 11.1 Å². The lowest BCUT2D eigenvalue weighted by Crippen LogP contribution is -2.33. The van der Waals surface area contributed by atoms with E-state index in [4.69, 9.17) is 5.11 Å². The van der Waals surface area contributed by atoms with Gasteiger partial charge in [-0.1, -0.05) is 29.8 Å². The summed E-state index contributed by atoms with van der Waals surface area (Å²) in [7, 11) is 0. The summed E-state index contributed by atoms with van der Waals surface area (Å²) in [6, 6.07) is 7.72. The molecule has 0 unspecified atom stereocenters. The zero-order chi connectivity index (χ0) is 13.1. The molecule has 94 valence electrons. The van der Waals surface area contributed by atoms with E-state index in [-0.39, 0.29) is 24.5 Å². The van der Waals surface area contributed by atoms with Crippen molar-refractivity contribution < 1.29 is 14.7 Å². The number of benzene rings is 1. The molecule has 1 N–H and O–H groups in total. The molecule has 1 aromatic carbocycles. The first-order chi connectivity index (χ1) is 8.56. The quantitative estimate of drug-likeness (QED) is 0.879.